The minimum atomic E-state index is 0.511. The topological polar surface area (TPSA) is 26.0 Å². The molecule has 1 unspecified atom stereocenters. The summed E-state index contributed by atoms with van der Waals surface area (Å²) < 4.78 is 5.33. The molecule has 1 aromatic heterocycles. The molecule has 1 heterocycles. The van der Waals surface area contributed by atoms with E-state index in [0.717, 1.165) is 5.89 Å². The number of aryl methyl sites for hydroxylation is 1. The van der Waals surface area contributed by atoms with E-state index >= 15 is 0 Å². The molecule has 0 saturated heterocycles. The first-order chi connectivity index (χ1) is 7.57. The molecule has 1 atom stereocenters. The lowest BCUT2D eigenvalue weighted by molar-refractivity contribution is 0.253. The molecule has 1 fully saturated rings. The van der Waals surface area contributed by atoms with Crippen LogP contribution in [0.15, 0.2) is 10.7 Å². The molecule has 2 heteroatoms. The molecule has 0 amide bonds. The third kappa shape index (κ3) is 2.87. The molecular weight excluding hydrogens is 198 g/mol. The fraction of sp³-hybridized carbons (Fsp3) is 0.786. The summed E-state index contributed by atoms with van der Waals surface area (Å²) in [5.41, 5.74) is 1.69. The number of hydrogen-bond donors (Lipinski definition) is 0. The minimum absolute atomic E-state index is 0.511. The largest absolute Gasteiger partial charge is 0.449 e. The van der Waals surface area contributed by atoms with Crippen LogP contribution in [0, 0.1) is 12.3 Å². The van der Waals surface area contributed by atoms with E-state index in [2.05, 4.69) is 18.8 Å². The van der Waals surface area contributed by atoms with E-state index in [1.54, 1.807) is 0 Å². The maximum Gasteiger partial charge on any atom is 0.191 e. The predicted octanol–water partition coefficient (Wildman–Crippen LogP) is 4.45. The lowest BCUT2D eigenvalue weighted by atomic mass is 9.76. The van der Waals surface area contributed by atoms with Gasteiger partial charge in [0, 0.05) is 12.8 Å². The zero-order valence-electron chi connectivity index (χ0n) is 10.8. The lowest BCUT2D eigenvalue weighted by Gasteiger charge is -2.29. The van der Waals surface area contributed by atoms with Crippen LogP contribution in [0.3, 0.4) is 0 Å². The van der Waals surface area contributed by atoms with Crippen LogP contribution in [0.5, 0.6) is 0 Å². The Balaban J connectivity index is 2.04. The van der Waals surface area contributed by atoms with Gasteiger partial charge >= 0.3 is 0 Å². The lowest BCUT2D eigenvalue weighted by Crippen LogP contribution is -2.16. The van der Waals surface area contributed by atoms with Crippen LogP contribution in [0.1, 0.15) is 69.9 Å². The molecule has 0 radical (unpaired) electrons. The second-order valence-electron chi connectivity index (χ2n) is 5.94. The first-order valence-corrected chi connectivity index (χ1v) is 6.49. The van der Waals surface area contributed by atoms with E-state index < -0.39 is 0 Å². The van der Waals surface area contributed by atoms with E-state index in [0.29, 0.717) is 11.3 Å². The Labute approximate surface area is 98.5 Å². The molecule has 0 aliphatic heterocycles. The Kier molecular flexibility index (Phi) is 3.36. The Morgan fingerprint density at radius 2 is 2.06 bits per heavy atom. The first kappa shape index (κ1) is 11.7. The first-order valence-electron chi connectivity index (χ1n) is 6.49. The Morgan fingerprint density at radius 3 is 2.75 bits per heavy atom. The molecule has 0 spiro atoms. The number of oxazole rings is 1. The summed E-state index contributed by atoms with van der Waals surface area (Å²) in [5.74, 6) is 1.42. The zero-order chi connectivity index (χ0) is 11.6. The average molecular weight is 221 g/mol. The smallest absolute Gasteiger partial charge is 0.191 e. The van der Waals surface area contributed by atoms with Crippen molar-refractivity contribution in [3.8, 4) is 0 Å². The van der Waals surface area contributed by atoms with Crippen LogP contribution in [-0.2, 0) is 0 Å². The Bertz CT molecular complexity index is 340. The van der Waals surface area contributed by atoms with Crippen LogP contribution in [0.4, 0.5) is 0 Å². The van der Waals surface area contributed by atoms with Crippen molar-refractivity contribution in [3.63, 3.8) is 0 Å². The molecular formula is C14H23NO. The van der Waals surface area contributed by atoms with Gasteiger partial charge in [-0.15, -0.1) is 0 Å². The fourth-order valence-corrected chi connectivity index (χ4v) is 2.69. The normalized spacial score (nSPS) is 26.1. The summed E-state index contributed by atoms with van der Waals surface area (Å²) >= 11 is 0. The summed E-state index contributed by atoms with van der Waals surface area (Å²) in [6, 6.07) is 0. The van der Waals surface area contributed by atoms with Gasteiger partial charge in [-0.25, -0.2) is 4.98 Å². The summed E-state index contributed by atoms with van der Waals surface area (Å²) in [5, 5.41) is 0. The van der Waals surface area contributed by atoms with E-state index in [-0.39, 0.29) is 0 Å². The van der Waals surface area contributed by atoms with Crippen molar-refractivity contribution in [2.45, 2.75) is 65.2 Å². The van der Waals surface area contributed by atoms with Gasteiger partial charge in [0.1, 0.15) is 6.26 Å². The van der Waals surface area contributed by atoms with Crippen LogP contribution >= 0.6 is 0 Å². The van der Waals surface area contributed by atoms with Crippen LogP contribution < -0.4 is 0 Å². The number of nitrogens with zero attached hydrogens (tertiary/aromatic N) is 1. The van der Waals surface area contributed by atoms with Gasteiger partial charge in [-0.2, -0.15) is 0 Å². The quantitative estimate of drug-likeness (QED) is 0.700. The van der Waals surface area contributed by atoms with Gasteiger partial charge < -0.3 is 4.42 Å². The second-order valence-corrected chi connectivity index (χ2v) is 5.94. The van der Waals surface area contributed by atoms with Crippen molar-refractivity contribution >= 4 is 0 Å². The zero-order valence-corrected chi connectivity index (χ0v) is 10.8. The maximum atomic E-state index is 5.33. The van der Waals surface area contributed by atoms with Crippen LogP contribution in [0.2, 0.25) is 0 Å². The number of rotatable bonds is 1. The van der Waals surface area contributed by atoms with Crippen LogP contribution in [0.25, 0.3) is 0 Å². The fourth-order valence-electron chi connectivity index (χ4n) is 2.69. The molecule has 2 rings (SSSR count). The van der Waals surface area contributed by atoms with Crippen molar-refractivity contribution in [1.82, 2.24) is 4.98 Å². The molecule has 1 aromatic rings. The monoisotopic (exact) mass is 221 g/mol. The maximum absolute atomic E-state index is 5.33. The van der Waals surface area contributed by atoms with E-state index in [1.165, 1.54) is 44.2 Å². The van der Waals surface area contributed by atoms with Gasteiger partial charge in [0.15, 0.2) is 5.89 Å². The summed E-state index contributed by atoms with van der Waals surface area (Å²) in [6.45, 7) is 6.71. The summed E-state index contributed by atoms with van der Waals surface area (Å²) in [6.07, 6.45) is 9.77. The molecule has 1 aliphatic carbocycles. The Morgan fingerprint density at radius 1 is 1.25 bits per heavy atom. The summed E-state index contributed by atoms with van der Waals surface area (Å²) in [7, 11) is 0. The van der Waals surface area contributed by atoms with E-state index in [1.807, 2.05) is 13.2 Å². The van der Waals surface area contributed by atoms with Crippen molar-refractivity contribution in [1.29, 1.82) is 0 Å². The number of aromatic nitrogens is 1. The predicted molar refractivity (Wildman–Crippen MR) is 65.5 cm³/mol. The van der Waals surface area contributed by atoms with Gasteiger partial charge in [-0.05, 0) is 31.1 Å². The third-order valence-electron chi connectivity index (χ3n) is 3.88. The van der Waals surface area contributed by atoms with Crippen molar-refractivity contribution in [2.24, 2.45) is 5.41 Å². The van der Waals surface area contributed by atoms with Gasteiger partial charge in [-0.3, -0.25) is 0 Å². The van der Waals surface area contributed by atoms with Crippen molar-refractivity contribution in [3.05, 3.63) is 17.8 Å². The highest BCUT2D eigenvalue weighted by molar-refractivity contribution is 5.04. The van der Waals surface area contributed by atoms with Gasteiger partial charge in [0.25, 0.3) is 0 Å². The van der Waals surface area contributed by atoms with Crippen molar-refractivity contribution in [2.75, 3.05) is 0 Å². The standard InChI is InChI=1S/C14H23NO/c1-11-15-13(10-16-11)12-6-4-5-8-14(2,3)9-7-12/h10,12H,4-9H2,1-3H3. The molecule has 90 valence electrons. The highest BCUT2D eigenvalue weighted by atomic mass is 16.3. The molecule has 0 bridgehead atoms. The molecule has 0 N–H and O–H groups in total. The highest BCUT2D eigenvalue weighted by Crippen LogP contribution is 2.38. The highest BCUT2D eigenvalue weighted by Gasteiger charge is 2.24. The second kappa shape index (κ2) is 4.60. The minimum Gasteiger partial charge on any atom is -0.449 e. The van der Waals surface area contributed by atoms with E-state index in [4.69, 9.17) is 4.42 Å². The molecule has 1 saturated carbocycles. The van der Waals surface area contributed by atoms with Gasteiger partial charge in [0.2, 0.25) is 0 Å². The third-order valence-corrected chi connectivity index (χ3v) is 3.88. The summed E-state index contributed by atoms with van der Waals surface area (Å²) in [4.78, 5) is 4.49. The van der Waals surface area contributed by atoms with Gasteiger partial charge in [-0.1, -0.05) is 26.7 Å². The number of hydrogen-bond acceptors (Lipinski definition) is 2. The van der Waals surface area contributed by atoms with Gasteiger partial charge in [0.05, 0.1) is 5.69 Å². The molecule has 1 aliphatic rings. The van der Waals surface area contributed by atoms with Crippen molar-refractivity contribution < 1.29 is 4.42 Å². The average Bonchev–Trinajstić information content (AvgIpc) is 2.60. The molecule has 16 heavy (non-hydrogen) atoms. The van der Waals surface area contributed by atoms with Crippen LogP contribution in [-0.4, -0.2) is 4.98 Å². The SMILES string of the molecule is Cc1nc(C2CCCCC(C)(C)CC2)co1. The Hall–Kier alpha value is -0.790. The van der Waals surface area contributed by atoms with E-state index in [9.17, 15) is 0 Å². The molecule has 0 aromatic carbocycles. The molecule has 2 nitrogen and oxygen atoms in total.